The minimum atomic E-state index is -1.88. The highest BCUT2D eigenvalue weighted by atomic mass is 32.2. The van der Waals surface area contributed by atoms with E-state index >= 15 is 0 Å². The lowest BCUT2D eigenvalue weighted by atomic mass is 10.0. The predicted octanol–water partition coefficient (Wildman–Crippen LogP) is 1.20. The molecule has 1 amide bonds. The molecule has 8 heteroatoms. The Labute approximate surface area is 141 Å². The van der Waals surface area contributed by atoms with Crippen molar-refractivity contribution in [3.63, 3.8) is 0 Å². The normalized spacial score (nSPS) is 26.6. The Morgan fingerprint density at radius 1 is 1.38 bits per heavy atom. The number of carbonyl (C=O) groups excluding carboxylic acids is 1. The summed E-state index contributed by atoms with van der Waals surface area (Å²) in [6.07, 6.45) is 5.62. The molecule has 1 saturated heterocycles. The number of halogens is 1. The van der Waals surface area contributed by atoms with Gasteiger partial charge in [0.2, 0.25) is 11.2 Å². The summed E-state index contributed by atoms with van der Waals surface area (Å²) in [5, 5.41) is 13.4. The van der Waals surface area contributed by atoms with Gasteiger partial charge < -0.3 is 10.4 Å². The fourth-order valence-electron chi connectivity index (χ4n) is 3.23. The molecule has 4 rings (SSSR count). The molecule has 1 unspecified atom stereocenters. The third kappa shape index (κ3) is 2.80. The molecule has 1 aromatic rings. The van der Waals surface area contributed by atoms with Crippen molar-refractivity contribution in [3.05, 3.63) is 29.6 Å². The molecule has 0 spiro atoms. The van der Waals surface area contributed by atoms with E-state index in [0.29, 0.717) is 12.1 Å². The third-order valence-electron chi connectivity index (χ3n) is 4.62. The lowest BCUT2D eigenvalue weighted by Crippen LogP contribution is -2.24. The maximum Gasteiger partial charge on any atom is 0.253 e. The number of benzene rings is 1. The van der Waals surface area contributed by atoms with Crippen LogP contribution in [0.25, 0.3) is 5.57 Å². The SMILES string of the molecule is O=C1CN(c2c(O)ccc(C3=C[C@@H](CC4CC4)NC3)c2F)S(=O)N1. The molecule has 1 aliphatic carbocycles. The zero-order valence-electron chi connectivity index (χ0n) is 12.9. The van der Waals surface area contributed by atoms with Gasteiger partial charge in [0.25, 0.3) is 5.91 Å². The highest BCUT2D eigenvalue weighted by Crippen LogP contribution is 2.39. The summed E-state index contributed by atoms with van der Waals surface area (Å²) in [5.41, 5.74) is 0.990. The average Bonchev–Trinajstić information content (AvgIpc) is 3.11. The van der Waals surface area contributed by atoms with Gasteiger partial charge in [0.05, 0.1) is 0 Å². The Morgan fingerprint density at radius 3 is 2.83 bits per heavy atom. The van der Waals surface area contributed by atoms with Crippen LogP contribution in [0.2, 0.25) is 0 Å². The molecule has 24 heavy (non-hydrogen) atoms. The van der Waals surface area contributed by atoms with Crippen LogP contribution in [0.3, 0.4) is 0 Å². The number of rotatable bonds is 4. The number of nitrogens with zero attached hydrogens (tertiary/aromatic N) is 1. The summed E-state index contributed by atoms with van der Waals surface area (Å²) in [6.45, 7) is 0.306. The van der Waals surface area contributed by atoms with E-state index in [1.165, 1.54) is 25.0 Å². The first-order valence-corrected chi connectivity index (χ1v) is 9.08. The molecule has 2 aliphatic heterocycles. The number of amides is 1. The van der Waals surface area contributed by atoms with Gasteiger partial charge in [-0.25, -0.2) is 8.60 Å². The van der Waals surface area contributed by atoms with Gasteiger partial charge in [-0.05, 0) is 30.0 Å². The Hall–Kier alpha value is -1.93. The Balaban J connectivity index is 1.66. The number of anilines is 1. The molecule has 2 fully saturated rings. The molecular formula is C16H18FN3O3S. The van der Waals surface area contributed by atoms with Crippen molar-refractivity contribution in [2.75, 3.05) is 17.4 Å². The van der Waals surface area contributed by atoms with Crippen molar-refractivity contribution in [1.82, 2.24) is 10.0 Å². The number of hydrogen-bond acceptors (Lipinski definition) is 4. The first kappa shape index (κ1) is 15.6. The Bertz CT molecular complexity index is 763. The molecule has 2 heterocycles. The number of aromatic hydroxyl groups is 1. The largest absolute Gasteiger partial charge is 0.506 e. The Kier molecular flexibility index (Phi) is 3.80. The van der Waals surface area contributed by atoms with Crippen molar-refractivity contribution in [3.8, 4) is 5.75 Å². The zero-order valence-corrected chi connectivity index (χ0v) is 13.7. The first-order chi connectivity index (χ1) is 11.5. The molecule has 1 aromatic carbocycles. The maximum absolute atomic E-state index is 15.0. The lowest BCUT2D eigenvalue weighted by molar-refractivity contribution is -0.117. The summed E-state index contributed by atoms with van der Waals surface area (Å²) in [6, 6.07) is 3.14. The van der Waals surface area contributed by atoms with Crippen LogP contribution in [-0.2, 0) is 16.0 Å². The number of phenols is 1. The number of nitrogens with one attached hydrogen (secondary N) is 2. The molecule has 3 aliphatic rings. The zero-order chi connectivity index (χ0) is 16.8. The molecule has 0 bridgehead atoms. The second-order valence-electron chi connectivity index (χ2n) is 6.46. The minimum Gasteiger partial charge on any atom is -0.506 e. The number of hydrogen-bond donors (Lipinski definition) is 3. The summed E-state index contributed by atoms with van der Waals surface area (Å²) >= 11 is -1.88. The van der Waals surface area contributed by atoms with Gasteiger partial charge in [-0.15, -0.1) is 0 Å². The molecule has 0 aromatic heterocycles. The highest BCUT2D eigenvalue weighted by Gasteiger charge is 2.33. The van der Waals surface area contributed by atoms with E-state index in [9.17, 15) is 18.5 Å². The molecular weight excluding hydrogens is 333 g/mol. The monoisotopic (exact) mass is 351 g/mol. The lowest BCUT2D eigenvalue weighted by Gasteiger charge is -2.18. The molecule has 2 atom stereocenters. The van der Waals surface area contributed by atoms with Gasteiger partial charge in [-0.3, -0.25) is 13.8 Å². The van der Waals surface area contributed by atoms with E-state index < -0.39 is 22.9 Å². The quantitative estimate of drug-likeness (QED) is 0.761. The third-order valence-corrected chi connectivity index (χ3v) is 5.73. The van der Waals surface area contributed by atoms with Crippen LogP contribution in [0, 0.1) is 11.7 Å². The van der Waals surface area contributed by atoms with E-state index in [0.717, 1.165) is 22.2 Å². The maximum atomic E-state index is 15.0. The number of phenolic OH excluding ortho intramolecular Hbond substituents is 1. The van der Waals surface area contributed by atoms with Crippen molar-refractivity contribution < 1.29 is 18.5 Å². The fourth-order valence-corrected chi connectivity index (χ4v) is 4.17. The first-order valence-electron chi connectivity index (χ1n) is 7.97. The topological polar surface area (TPSA) is 81.7 Å². The van der Waals surface area contributed by atoms with Gasteiger partial charge in [-0.2, -0.15) is 0 Å². The van der Waals surface area contributed by atoms with Gasteiger partial charge in [-0.1, -0.05) is 18.9 Å². The standard InChI is InChI=1S/C16H18FN3O3S/c17-15-12(10-6-11(18-7-10)5-9-1-2-9)3-4-13(21)16(15)20-8-14(22)19-24(20)23/h3-4,6,9,11,18,21H,1-2,5,7-8H2,(H,19,22)/t11-,24?/m1/s1. The predicted molar refractivity (Wildman–Crippen MR) is 88.8 cm³/mol. The van der Waals surface area contributed by atoms with Crippen LogP contribution in [0.1, 0.15) is 24.8 Å². The minimum absolute atomic E-state index is 0.198. The van der Waals surface area contributed by atoms with Crippen LogP contribution in [0.15, 0.2) is 18.2 Å². The summed E-state index contributed by atoms with van der Waals surface area (Å²) < 4.78 is 30.1. The smallest absolute Gasteiger partial charge is 0.253 e. The number of carbonyl (C=O) groups is 1. The van der Waals surface area contributed by atoms with Crippen LogP contribution in [0.4, 0.5) is 10.1 Å². The fraction of sp³-hybridized carbons (Fsp3) is 0.438. The second-order valence-corrected chi connectivity index (χ2v) is 7.61. The molecule has 3 N–H and O–H groups in total. The van der Waals surface area contributed by atoms with E-state index in [1.807, 2.05) is 6.08 Å². The van der Waals surface area contributed by atoms with Crippen molar-refractivity contribution in [2.24, 2.45) is 5.92 Å². The summed E-state index contributed by atoms with van der Waals surface area (Å²) in [5.74, 6) is -0.687. The molecule has 128 valence electrons. The second kappa shape index (κ2) is 5.86. The van der Waals surface area contributed by atoms with Gasteiger partial charge in [0, 0.05) is 18.2 Å². The van der Waals surface area contributed by atoms with Crippen LogP contribution < -0.4 is 14.3 Å². The van der Waals surface area contributed by atoms with E-state index in [2.05, 4.69) is 10.0 Å². The highest BCUT2D eigenvalue weighted by molar-refractivity contribution is 7.85. The summed E-state index contributed by atoms with van der Waals surface area (Å²) in [4.78, 5) is 11.4. The van der Waals surface area contributed by atoms with E-state index in [4.69, 9.17) is 0 Å². The Morgan fingerprint density at radius 2 is 2.17 bits per heavy atom. The summed E-state index contributed by atoms with van der Waals surface area (Å²) in [7, 11) is 0. The van der Waals surface area contributed by atoms with Gasteiger partial charge in [0.1, 0.15) is 18.0 Å². The van der Waals surface area contributed by atoms with Crippen molar-refractivity contribution in [1.29, 1.82) is 0 Å². The molecule has 6 nitrogen and oxygen atoms in total. The van der Waals surface area contributed by atoms with E-state index in [-0.39, 0.29) is 24.0 Å². The average molecular weight is 351 g/mol. The van der Waals surface area contributed by atoms with Gasteiger partial charge >= 0.3 is 0 Å². The van der Waals surface area contributed by atoms with Crippen molar-refractivity contribution >= 4 is 28.3 Å². The van der Waals surface area contributed by atoms with Gasteiger partial charge in [0.15, 0.2) is 5.82 Å². The van der Waals surface area contributed by atoms with Crippen LogP contribution in [0.5, 0.6) is 5.75 Å². The molecule has 0 radical (unpaired) electrons. The van der Waals surface area contributed by atoms with Crippen molar-refractivity contribution in [2.45, 2.75) is 25.3 Å². The van der Waals surface area contributed by atoms with Crippen LogP contribution in [-0.4, -0.2) is 34.4 Å². The van der Waals surface area contributed by atoms with E-state index in [1.54, 1.807) is 0 Å². The molecule has 1 saturated carbocycles. The van der Waals surface area contributed by atoms with Crippen LogP contribution >= 0.6 is 0 Å².